The Morgan fingerprint density at radius 2 is 2.11 bits per heavy atom. The average Bonchev–Trinajstić information content (AvgIpc) is 3.33. The number of nitrogens with one attached hydrogen (secondary N) is 3. The fraction of sp³-hybridized carbons (Fsp3) is 0.600. The highest BCUT2D eigenvalue weighted by Crippen LogP contribution is 2.26. The topological polar surface area (TPSA) is 121 Å². The van der Waals surface area contributed by atoms with Crippen LogP contribution in [0.1, 0.15) is 45.4 Å². The number of hydrogen-bond acceptors (Lipinski definition) is 10. The van der Waals surface area contributed by atoms with E-state index < -0.39 is 0 Å². The molecule has 0 saturated heterocycles. The minimum atomic E-state index is -0.162. The summed E-state index contributed by atoms with van der Waals surface area (Å²) in [4.78, 5) is 16.3. The number of amides is 1. The number of H-pyrrole nitrogens is 1. The molecule has 0 spiro atoms. The molecule has 12 heteroatoms. The van der Waals surface area contributed by atoms with Crippen molar-refractivity contribution in [2.75, 3.05) is 22.2 Å². The predicted molar refractivity (Wildman–Crippen MR) is 111 cm³/mol. The van der Waals surface area contributed by atoms with Gasteiger partial charge in [-0.15, -0.1) is 15.3 Å². The molecule has 0 aliphatic heterocycles. The van der Waals surface area contributed by atoms with Gasteiger partial charge in [0.25, 0.3) is 0 Å². The summed E-state index contributed by atoms with van der Waals surface area (Å²) in [5, 5.41) is 23.0. The molecule has 0 atom stereocenters. The van der Waals surface area contributed by atoms with Gasteiger partial charge in [-0.25, -0.2) is 10.5 Å². The van der Waals surface area contributed by atoms with Gasteiger partial charge in [-0.2, -0.15) is 10.1 Å². The zero-order chi connectivity index (χ0) is 18.9. The molecule has 1 amide bonds. The summed E-state index contributed by atoms with van der Waals surface area (Å²) in [5.74, 6) is 1.51. The second-order valence-corrected chi connectivity index (χ2v) is 9.14. The second kappa shape index (κ2) is 10.6. The van der Waals surface area contributed by atoms with Crippen molar-refractivity contribution >= 4 is 57.6 Å². The van der Waals surface area contributed by atoms with Gasteiger partial charge in [0.1, 0.15) is 0 Å². The van der Waals surface area contributed by atoms with Gasteiger partial charge in [0.2, 0.25) is 22.1 Å². The van der Waals surface area contributed by atoms with E-state index in [2.05, 4.69) is 48.1 Å². The molecule has 1 aliphatic carbocycles. The molecular formula is C15H22N8OS3. The largest absolute Gasteiger partial charge is 0.300 e. The molecule has 3 rings (SSSR count). The first-order valence-electron chi connectivity index (χ1n) is 8.85. The Kier molecular flexibility index (Phi) is 7.90. The van der Waals surface area contributed by atoms with Gasteiger partial charge in [-0.3, -0.25) is 10.1 Å². The molecule has 1 aliphatic rings. The molecule has 9 nitrogen and oxygen atoms in total. The van der Waals surface area contributed by atoms with Gasteiger partial charge < -0.3 is 0 Å². The fourth-order valence-corrected chi connectivity index (χ4v) is 4.65. The quantitative estimate of drug-likeness (QED) is 0.316. The van der Waals surface area contributed by atoms with Crippen LogP contribution < -0.4 is 10.7 Å². The van der Waals surface area contributed by atoms with Crippen LogP contribution in [0.3, 0.4) is 0 Å². The number of thioether (sulfide) groups is 2. The van der Waals surface area contributed by atoms with Gasteiger partial charge in [0, 0.05) is 11.5 Å². The standard InChI is InChI=1S/C15H22N8OS3/c1-2-8-25-15-23-22-14(27-15)16-11(24)9-26-13-17-12(20-21-13)19-18-10-6-4-3-5-7-10/h2-9H2,1H3,(H,16,22,24)(H2,17,19,20,21). The molecule has 0 bridgehead atoms. The first-order valence-corrected chi connectivity index (χ1v) is 11.6. The van der Waals surface area contributed by atoms with E-state index in [1.165, 1.54) is 48.1 Å². The molecule has 2 aromatic rings. The van der Waals surface area contributed by atoms with E-state index in [9.17, 15) is 4.79 Å². The monoisotopic (exact) mass is 426 g/mol. The number of carbonyl (C=O) groups is 1. The number of hydrazone groups is 1. The van der Waals surface area contributed by atoms with Crippen LogP contribution in [0, 0.1) is 0 Å². The number of aromatic amines is 1. The number of hydrogen-bond donors (Lipinski definition) is 3. The molecule has 1 fully saturated rings. The van der Waals surface area contributed by atoms with Crippen LogP contribution in [0.4, 0.5) is 11.1 Å². The molecule has 3 N–H and O–H groups in total. The summed E-state index contributed by atoms with van der Waals surface area (Å²) in [6.07, 6.45) is 6.81. The first kappa shape index (κ1) is 20.1. The number of aromatic nitrogens is 5. The smallest absolute Gasteiger partial charge is 0.240 e. The Balaban J connectivity index is 1.41. The summed E-state index contributed by atoms with van der Waals surface area (Å²) in [5.41, 5.74) is 4.07. The van der Waals surface area contributed by atoms with Gasteiger partial charge in [0.05, 0.1) is 5.75 Å². The summed E-state index contributed by atoms with van der Waals surface area (Å²) in [6, 6.07) is 0. The average molecular weight is 427 g/mol. The van der Waals surface area contributed by atoms with E-state index in [1.54, 1.807) is 11.8 Å². The molecule has 2 aromatic heterocycles. The summed E-state index contributed by atoms with van der Waals surface area (Å²) in [7, 11) is 0. The Hall–Kier alpha value is -1.66. The number of nitrogens with zero attached hydrogens (tertiary/aromatic N) is 5. The molecule has 1 saturated carbocycles. The predicted octanol–water partition coefficient (Wildman–Crippen LogP) is 3.62. The number of anilines is 2. The van der Waals surface area contributed by atoms with Crippen LogP contribution in [0.15, 0.2) is 14.6 Å². The fourth-order valence-electron chi connectivity index (χ4n) is 2.36. The Morgan fingerprint density at radius 1 is 1.26 bits per heavy atom. The lowest BCUT2D eigenvalue weighted by molar-refractivity contribution is -0.113. The Morgan fingerprint density at radius 3 is 2.93 bits per heavy atom. The lowest BCUT2D eigenvalue weighted by atomic mass is 9.99. The lowest BCUT2D eigenvalue weighted by Gasteiger charge is -2.11. The number of rotatable bonds is 9. The van der Waals surface area contributed by atoms with Crippen LogP contribution in [0.25, 0.3) is 0 Å². The van der Waals surface area contributed by atoms with Gasteiger partial charge in [-0.1, -0.05) is 48.2 Å². The highest BCUT2D eigenvalue weighted by atomic mass is 32.2. The van der Waals surface area contributed by atoms with Crippen molar-refractivity contribution in [1.29, 1.82) is 0 Å². The number of carbonyl (C=O) groups excluding carboxylic acids is 1. The maximum Gasteiger partial charge on any atom is 0.240 e. The zero-order valence-electron chi connectivity index (χ0n) is 15.0. The van der Waals surface area contributed by atoms with E-state index >= 15 is 0 Å². The normalized spacial score (nSPS) is 14.2. The summed E-state index contributed by atoms with van der Waals surface area (Å²) in [6.45, 7) is 2.11. The highest BCUT2D eigenvalue weighted by molar-refractivity contribution is 8.01. The molecule has 27 heavy (non-hydrogen) atoms. The van der Waals surface area contributed by atoms with Crippen molar-refractivity contribution in [1.82, 2.24) is 25.4 Å². The van der Waals surface area contributed by atoms with Crippen molar-refractivity contribution in [2.24, 2.45) is 5.10 Å². The summed E-state index contributed by atoms with van der Waals surface area (Å²) >= 11 is 4.28. The van der Waals surface area contributed by atoms with Crippen LogP contribution in [0.5, 0.6) is 0 Å². The summed E-state index contributed by atoms with van der Waals surface area (Å²) < 4.78 is 0.865. The van der Waals surface area contributed by atoms with Crippen molar-refractivity contribution in [2.45, 2.75) is 54.9 Å². The first-order chi connectivity index (χ1) is 13.2. The van der Waals surface area contributed by atoms with Gasteiger partial charge in [0.15, 0.2) is 4.34 Å². The van der Waals surface area contributed by atoms with Crippen molar-refractivity contribution in [3.63, 3.8) is 0 Å². The van der Waals surface area contributed by atoms with Crippen LogP contribution in [0.2, 0.25) is 0 Å². The van der Waals surface area contributed by atoms with Gasteiger partial charge >= 0.3 is 0 Å². The minimum absolute atomic E-state index is 0.162. The molecule has 2 heterocycles. The third-order valence-corrected chi connectivity index (χ3v) is 6.66. The molecule has 0 radical (unpaired) electrons. The van der Waals surface area contributed by atoms with E-state index in [-0.39, 0.29) is 11.7 Å². The van der Waals surface area contributed by atoms with Crippen molar-refractivity contribution in [3.05, 3.63) is 0 Å². The van der Waals surface area contributed by atoms with Crippen LogP contribution >= 0.6 is 34.9 Å². The zero-order valence-corrected chi connectivity index (χ0v) is 17.5. The van der Waals surface area contributed by atoms with Gasteiger partial charge in [-0.05, 0) is 32.1 Å². The molecular weight excluding hydrogens is 404 g/mol. The Labute approximate surface area is 170 Å². The van der Waals surface area contributed by atoms with E-state index in [4.69, 9.17) is 0 Å². The Bertz CT molecular complexity index is 767. The maximum absolute atomic E-state index is 12.0. The SMILES string of the molecule is CCCSc1nnc(NC(=O)CSc2n[nH]c(NN=C3CCCCC3)n2)s1. The lowest BCUT2D eigenvalue weighted by Crippen LogP contribution is -2.13. The third kappa shape index (κ3) is 6.78. The van der Waals surface area contributed by atoms with Crippen LogP contribution in [-0.4, -0.2) is 48.5 Å². The van der Waals surface area contributed by atoms with Crippen LogP contribution in [-0.2, 0) is 4.79 Å². The molecule has 146 valence electrons. The van der Waals surface area contributed by atoms with Crippen molar-refractivity contribution < 1.29 is 4.79 Å². The minimum Gasteiger partial charge on any atom is -0.300 e. The third-order valence-electron chi connectivity index (χ3n) is 3.63. The second-order valence-electron chi connectivity index (χ2n) is 5.88. The van der Waals surface area contributed by atoms with E-state index in [0.717, 1.165) is 29.4 Å². The highest BCUT2D eigenvalue weighted by Gasteiger charge is 2.11. The van der Waals surface area contributed by atoms with Crippen molar-refractivity contribution in [3.8, 4) is 0 Å². The maximum atomic E-state index is 12.0. The molecule has 0 unspecified atom stereocenters. The van der Waals surface area contributed by atoms with E-state index in [0.29, 0.717) is 16.2 Å². The van der Waals surface area contributed by atoms with E-state index in [1.807, 2.05) is 0 Å². The molecule has 0 aromatic carbocycles.